The lowest BCUT2D eigenvalue weighted by atomic mass is 10.0. The number of thioether (sulfide) groups is 1. The van der Waals surface area contributed by atoms with Gasteiger partial charge in [0.25, 0.3) is 0 Å². The Morgan fingerprint density at radius 3 is 2.30 bits per heavy atom. The predicted octanol–water partition coefficient (Wildman–Crippen LogP) is 5.53. The van der Waals surface area contributed by atoms with Crippen molar-refractivity contribution in [1.82, 2.24) is 0 Å². The van der Waals surface area contributed by atoms with E-state index in [2.05, 4.69) is 25.1 Å². The highest BCUT2D eigenvalue weighted by Crippen LogP contribution is 2.36. The second-order valence-corrected chi connectivity index (χ2v) is 6.34. The molecule has 2 aromatic carbocycles. The third-order valence-electron chi connectivity index (χ3n) is 3.32. The molecule has 0 atom stereocenters. The molecule has 1 heterocycles. The molecule has 3 heteroatoms. The van der Waals surface area contributed by atoms with Crippen molar-refractivity contribution in [2.75, 3.05) is 0 Å². The molecular formula is C17H14ClNS. The highest BCUT2D eigenvalue weighted by atomic mass is 35.5. The van der Waals surface area contributed by atoms with Gasteiger partial charge in [0.1, 0.15) is 0 Å². The number of hydrogen-bond acceptors (Lipinski definition) is 2. The average molecular weight is 300 g/mol. The Balaban J connectivity index is 2.28. The fraction of sp³-hybridized carbons (Fsp3) is 0.118. The standard InChI is InChI=1S/C17H14ClNS/c1-11-12(2)20-16-10-6-4-8-14(16)17(19-11)13-7-3-5-9-15(13)18/h3-10H,1-2H3. The Kier molecular flexibility index (Phi) is 3.68. The Morgan fingerprint density at radius 2 is 1.55 bits per heavy atom. The second-order valence-electron chi connectivity index (χ2n) is 4.68. The predicted molar refractivity (Wildman–Crippen MR) is 87.8 cm³/mol. The van der Waals surface area contributed by atoms with E-state index in [1.165, 1.54) is 9.80 Å². The van der Waals surface area contributed by atoms with Gasteiger partial charge in [-0.25, -0.2) is 0 Å². The van der Waals surface area contributed by atoms with Crippen LogP contribution in [0, 0.1) is 0 Å². The van der Waals surface area contributed by atoms with E-state index in [1.807, 2.05) is 37.3 Å². The Hall–Kier alpha value is -1.51. The molecule has 0 aliphatic carbocycles. The zero-order valence-corrected chi connectivity index (χ0v) is 12.9. The molecule has 100 valence electrons. The number of allylic oxidation sites excluding steroid dienone is 2. The van der Waals surface area contributed by atoms with Gasteiger partial charge < -0.3 is 0 Å². The molecule has 0 amide bonds. The van der Waals surface area contributed by atoms with Crippen molar-refractivity contribution < 1.29 is 0 Å². The highest BCUT2D eigenvalue weighted by Gasteiger charge is 2.18. The van der Waals surface area contributed by atoms with Gasteiger partial charge in [-0.2, -0.15) is 0 Å². The van der Waals surface area contributed by atoms with Crippen molar-refractivity contribution in [2.24, 2.45) is 4.99 Å². The van der Waals surface area contributed by atoms with Crippen molar-refractivity contribution in [3.8, 4) is 0 Å². The minimum Gasteiger partial charge on any atom is -0.252 e. The molecule has 0 unspecified atom stereocenters. The molecule has 0 spiro atoms. The van der Waals surface area contributed by atoms with Crippen LogP contribution in [0.25, 0.3) is 0 Å². The summed E-state index contributed by atoms with van der Waals surface area (Å²) in [6.07, 6.45) is 0. The fourth-order valence-corrected chi connectivity index (χ4v) is 3.33. The largest absolute Gasteiger partial charge is 0.252 e. The quantitative estimate of drug-likeness (QED) is 0.674. The smallest absolute Gasteiger partial charge is 0.0804 e. The molecule has 0 fully saturated rings. The molecule has 1 nitrogen and oxygen atoms in total. The second kappa shape index (κ2) is 5.47. The number of halogens is 1. The Labute approximate surface area is 128 Å². The number of benzene rings is 2. The number of rotatable bonds is 1. The minimum atomic E-state index is 0.735. The first-order valence-electron chi connectivity index (χ1n) is 6.45. The monoisotopic (exact) mass is 299 g/mol. The zero-order chi connectivity index (χ0) is 14.1. The average Bonchev–Trinajstić information content (AvgIpc) is 2.57. The van der Waals surface area contributed by atoms with Crippen molar-refractivity contribution in [3.63, 3.8) is 0 Å². The summed E-state index contributed by atoms with van der Waals surface area (Å²) in [6, 6.07) is 16.2. The maximum absolute atomic E-state index is 6.36. The van der Waals surface area contributed by atoms with Gasteiger partial charge >= 0.3 is 0 Å². The topological polar surface area (TPSA) is 12.4 Å². The molecule has 0 N–H and O–H groups in total. The van der Waals surface area contributed by atoms with Gasteiger partial charge in [-0.3, -0.25) is 4.99 Å². The van der Waals surface area contributed by atoms with Gasteiger partial charge in [0.15, 0.2) is 0 Å². The number of hydrogen-bond donors (Lipinski definition) is 0. The van der Waals surface area contributed by atoms with Gasteiger partial charge in [-0.1, -0.05) is 59.8 Å². The third-order valence-corrected chi connectivity index (χ3v) is 4.83. The molecule has 2 aromatic rings. The zero-order valence-electron chi connectivity index (χ0n) is 11.4. The van der Waals surface area contributed by atoms with E-state index in [1.54, 1.807) is 11.8 Å². The first kappa shape index (κ1) is 13.5. The number of nitrogens with zero attached hydrogens (tertiary/aromatic N) is 1. The molecule has 3 rings (SSSR count). The molecule has 1 aliphatic heterocycles. The number of aliphatic imine (C=N–C) groups is 1. The van der Waals surface area contributed by atoms with Gasteiger partial charge in [-0.15, -0.1) is 0 Å². The minimum absolute atomic E-state index is 0.735. The van der Waals surface area contributed by atoms with Crippen molar-refractivity contribution in [1.29, 1.82) is 0 Å². The molecule has 0 bridgehead atoms. The molecule has 0 saturated carbocycles. The van der Waals surface area contributed by atoms with Crippen LogP contribution in [0.15, 0.2) is 69.0 Å². The van der Waals surface area contributed by atoms with Gasteiger partial charge in [0.05, 0.1) is 5.71 Å². The van der Waals surface area contributed by atoms with Crippen molar-refractivity contribution in [2.45, 2.75) is 18.7 Å². The molecular weight excluding hydrogens is 286 g/mol. The fourth-order valence-electron chi connectivity index (χ4n) is 2.16. The van der Waals surface area contributed by atoms with Gasteiger partial charge in [0, 0.05) is 31.6 Å². The van der Waals surface area contributed by atoms with E-state index in [9.17, 15) is 0 Å². The third kappa shape index (κ3) is 2.41. The van der Waals surface area contributed by atoms with Crippen LogP contribution in [0.4, 0.5) is 0 Å². The molecule has 1 aliphatic rings. The van der Waals surface area contributed by atoms with E-state index in [-0.39, 0.29) is 0 Å². The van der Waals surface area contributed by atoms with E-state index in [0.29, 0.717) is 0 Å². The van der Waals surface area contributed by atoms with Crippen LogP contribution in [0.1, 0.15) is 25.0 Å². The summed E-state index contributed by atoms with van der Waals surface area (Å²) in [5, 5.41) is 0.735. The van der Waals surface area contributed by atoms with E-state index in [0.717, 1.165) is 27.6 Å². The molecule has 0 aromatic heterocycles. The van der Waals surface area contributed by atoms with E-state index < -0.39 is 0 Å². The lowest BCUT2D eigenvalue weighted by Crippen LogP contribution is -2.05. The molecule has 0 saturated heterocycles. The first-order chi connectivity index (χ1) is 9.66. The summed E-state index contributed by atoms with van der Waals surface area (Å²) < 4.78 is 0. The Morgan fingerprint density at radius 1 is 0.900 bits per heavy atom. The van der Waals surface area contributed by atoms with Crippen molar-refractivity contribution in [3.05, 3.63) is 75.3 Å². The van der Waals surface area contributed by atoms with Crippen LogP contribution >= 0.6 is 23.4 Å². The van der Waals surface area contributed by atoms with Crippen LogP contribution in [-0.2, 0) is 0 Å². The maximum atomic E-state index is 6.36. The van der Waals surface area contributed by atoms with E-state index in [4.69, 9.17) is 16.6 Å². The lowest BCUT2D eigenvalue weighted by Gasteiger charge is -2.10. The molecule has 0 radical (unpaired) electrons. The number of fused-ring (bicyclic) bond motifs is 1. The maximum Gasteiger partial charge on any atom is 0.0804 e. The summed E-state index contributed by atoms with van der Waals surface area (Å²) in [4.78, 5) is 7.26. The van der Waals surface area contributed by atoms with E-state index >= 15 is 0 Å². The summed E-state index contributed by atoms with van der Waals surface area (Å²) >= 11 is 8.12. The lowest BCUT2D eigenvalue weighted by molar-refractivity contribution is 1.27. The van der Waals surface area contributed by atoms with Crippen LogP contribution in [0.5, 0.6) is 0 Å². The highest BCUT2D eigenvalue weighted by molar-refractivity contribution is 8.03. The van der Waals surface area contributed by atoms with Crippen LogP contribution in [0.2, 0.25) is 5.02 Å². The summed E-state index contributed by atoms with van der Waals surface area (Å²) in [5.74, 6) is 0. The van der Waals surface area contributed by atoms with Gasteiger partial charge in [0.2, 0.25) is 0 Å². The van der Waals surface area contributed by atoms with Crippen molar-refractivity contribution >= 4 is 29.1 Å². The summed E-state index contributed by atoms with van der Waals surface area (Å²) in [7, 11) is 0. The normalized spacial score (nSPS) is 14.7. The Bertz CT molecular complexity index is 731. The first-order valence-corrected chi connectivity index (χ1v) is 7.64. The SMILES string of the molecule is CC1=C(C)Sc2ccccc2C(c2ccccc2Cl)=N1. The van der Waals surface area contributed by atoms with Crippen LogP contribution in [-0.4, -0.2) is 5.71 Å². The summed E-state index contributed by atoms with van der Waals surface area (Å²) in [6.45, 7) is 4.15. The van der Waals surface area contributed by atoms with Crippen LogP contribution < -0.4 is 0 Å². The van der Waals surface area contributed by atoms with Crippen LogP contribution in [0.3, 0.4) is 0 Å². The summed E-state index contributed by atoms with van der Waals surface area (Å²) in [5.41, 5.74) is 4.12. The molecule has 20 heavy (non-hydrogen) atoms. The van der Waals surface area contributed by atoms with Gasteiger partial charge in [-0.05, 0) is 26.0 Å².